The molecule has 0 fully saturated rings. The fourth-order valence-electron chi connectivity index (χ4n) is 1.13. The summed E-state index contributed by atoms with van der Waals surface area (Å²) in [6, 6.07) is 11.2. The van der Waals surface area contributed by atoms with Crippen molar-refractivity contribution >= 4 is 22.7 Å². The summed E-state index contributed by atoms with van der Waals surface area (Å²) in [5, 5.41) is 23.8. The lowest BCUT2D eigenvalue weighted by atomic mass is 10.3. The number of hydrogen-bond acceptors (Lipinski definition) is 6. The van der Waals surface area contributed by atoms with Crippen LogP contribution in [0.1, 0.15) is 5.01 Å². The summed E-state index contributed by atoms with van der Waals surface area (Å²) in [6.45, 7) is 0. The van der Waals surface area contributed by atoms with Gasteiger partial charge in [-0.3, -0.25) is 5.43 Å². The molecule has 0 bridgehead atoms. The molecule has 0 aliphatic rings. The fourth-order valence-corrected chi connectivity index (χ4v) is 1.75. The van der Waals surface area contributed by atoms with Gasteiger partial charge >= 0.3 is 0 Å². The molecule has 1 aromatic carbocycles. The third-order valence-corrected chi connectivity index (χ3v) is 2.71. The van der Waals surface area contributed by atoms with E-state index < -0.39 is 0 Å². The first-order valence-electron chi connectivity index (χ1n) is 4.73. The van der Waals surface area contributed by atoms with Gasteiger partial charge in [-0.2, -0.15) is 15.3 Å². The summed E-state index contributed by atoms with van der Waals surface area (Å²) < 4.78 is 0. The Hall–Kier alpha value is -2.39. The molecule has 0 unspecified atom stereocenters. The van der Waals surface area contributed by atoms with E-state index in [0.717, 1.165) is 17.0 Å². The van der Waals surface area contributed by atoms with Crippen molar-refractivity contribution in [1.82, 2.24) is 4.98 Å². The zero-order chi connectivity index (χ0) is 12.1. The van der Waals surface area contributed by atoms with Gasteiger partial charge in [0, 0.05) is 0 Å². The summed E-state index contributed by atoms with van der Waals surface area (Å²) in [6.07, 6.45) is 0. The molecular formula is C11H8N4OS. The summed E-state index contributed by atoms with van der Waals surface area (Å²) in [5.74, 6) is -0.104. The van der Waals surface area contributed by atoms with E-state index in [2.05, 4.69) is 15.5 Å². The van der Waals surface area contributed by atoms with Crippen LogP contribution in [0.15, 0.2) is 40.8 Å². The number of benzene rings is 1. The Morgan fingerprint density at radius 1 is 1.41 bits per heavy atom. The number of hydrazone groups is 1. The van der Waals surface area contributed by atoms with Gasteiger partial charge in [-0.05, 0) is 12.1 Å². The molecule has 6 heteroatoms. The number of rotatable bonds is 3. The van der Waals surface area contributed by atoms with Crippen molar-refractivity contribution in [3.05, 3.63) is 40.7 Å². The zero-order valence-electron chi connectivity index (χ0n) is 8.66. The maximum Gasteiger partial charge on any atom is 0.222 e. The largest absolute Gasteiger partial charge is 0.493 e. The average molecular weight is 244 g/mol. The normalized spacial score (nSPS) is 10.9. The Labute approximate surface area is 102 Å². The first kappa shape index (κ1) is 11.1. The average Bonchev–Trinajstić information content (AvgIpc) is 2.78. The number of thiazole rings is 1. The molecule has 0 radical (unpaired) electrons. The number of anilines is 1. The second kappa shape index (κ2) is 5.09. The van der Waals surface area contributed by atoms with Gasteiger partial charge in [0.1, 0.15) is 6.07 Å². The van der Waals surface area contributed by atoms with Crippen molar-refractivity contribution in [2.24, 2.45) is 5.10 Å². The first-order valence-corrected chi connectivity index (χ1v) is 5.61. The predicted molar refractivity (Wildman–Crippen MR) is 66.0 cm³/mol. The van der Waals surface area contributed by atoms with E-state index in [0.29, 0.717) is 5.01 Å². The molecule has 5 nitrogen and oxygen atoms in total. The van der Waals surface area contributed by atoms with E-state index in [4.69, 9.17) is 10.4 Å². The van der Waals surface area contributed by atoms with Gasteiger partial charge in [-0.1, -0.05) is 18.2 Å². The van der Waals surface area contributed by atoms with Crippen LogP contribution in [0.4, 0.5) is 5.69 Å². The number of aromatic hydroxyl groups is 1. The molecule has 0 aliphatic carbocycles. The van der Waals surface area contributed by atoms with E-state index in [1.54, 1.807) is 0 Å². The SMILES string of the molecule is N#C/C(=N\Nc1ccccc1)c1nc(O)cs1. The zero-order valence-corrected chi connectivity index (χ0v) is 9.48. The van der Waals surface area contributed by atoms with Crippen LogP contribution in [0, 0.1) is 11.3 Å². The smallest absolute Gasteiger partial charge is 0.222 e. The predicted octanol–water partition coefficient (Wildman–Crippen LogP) is 2.19. The van der Waals surface area contributed by atoms with Crippen LogP contribution in [0.5, 0.6) is 5.88 Å². The fraction of sp³-hybridized carbons (Fsp3) is 0. The minimum atomic E-state index is -0.104. The molecule has 0 saturated heterocycles. The van der Waals surface area contributed by atoms with E-state index in [1.807, 2.05) is 36.4 Å². The van der Waals surface area contributed by atoms with Gasteiger partial charge in [-0.15, -0.1) is 11.3 Å². The van der Waals surface area contributed by atoms with Crippen molar-refractivity contribution in [1.29, 1.82) is 5.26 Å². The highest BCUT2D eigenvalue weighted by Crippen LogP contribution is 2.15. The topological polar surface area (TPSA) is 81.3 Å². The van der Waals surface area contributed by atoms with E-state index in [9.17, 15) is 0 Å². The van der Waals surface area contributed by atoms with Crippen LogP contribution in [0.25, 0.3) is 0 Å². The third kappa shape index (κ3) is 2.80. The first-order chi connectivity index (χ1) is 8.29. The number of nitriles is 1. The molecule has 2 N–H and O–H groups in total. The van der Waals surface area contributed by atoms with Crippen LogP contribution < -0.4 is 5.43 Å². The number of aromatic nitrogens is 1. The highest BCUT2D eigenvalue weighted by molar-refractivity contribution is 7.12. The van der Waals surface area contributed by atoms with Gasteiger partial charge in [0.25, 0.3) is 0 Å². The Balaban J connectivity index is 2.17. The van der Waals surface area contributed by atoms with E-state index >= 15 is 0 Å². The highest BCUT2D eigenvalue weighted by Gasteiger charge is 2.08. The molecule has 0 spiro atoms. The highest BCUT2D eigenvalue weighted by atomic mass is 32.1. The molecule has 1 aromatic heterocycles. The molecule has 1 heterocycles. The Morgan fingerprint density at radius 3 is 2.76 bits per heavy atom. The maximum atomic E-state index is 9.10. The summed E-state index contributed by atoms with van der Waals surface area (Å²) in [4.78, 5) is 3.77. The van der Waals surface area contributed by atoms with Gasteiger partial charge in [0.15, 0.2) is 10.7 Å². The molecular weight excluding hydrogens is 236 g/mol. The van der Waals surface area contributed by atoms with Gasteiger partial charge in [0.05, 0.1) is 11.1 Å². The maximum absolute atomic E-state index is 9.10. The monoisotopic (exact) mass is 244 g/mol. The van der Waals surface area contributed by atoms with E-state index in [-0.39, 0.29) is 11.6 Å². The lowest BCUT2D eigenvalue weighted by Gasteiger charge is -1.98. The molecule has 2 rings (SSSR count). The molecule has 0 saturated carbocycles. The number of hydrogen-bond donors (Lipinski definition) is 2. The van der Waals surface area contributed by atoms with Crippen molar-refractivity contribution < 1.29 is 5.11 Å². The van der Waals surface area contributed by atoms with Crippen LogP contribution in [-0.4, -0.2) is 15.8 Å². The summed E-state index contributed by atoms with van der Waals surface area (Å²) in [7, 11) is 0. The summed E-state index contributed by atoms with van der Waals surface area (Å²) in [5.41, 5.74) is 3.67. The van der Waals surface area contributed by atoms with Crippen LogP contribution in [0.2, 0.25) is 0 Å². The Kier molecular flexibility index (Phi) is 3.33. The molecule has 0 amide bonds. The van der Waals surface area contributed by atoms with Crippen LogP contribution in [-0.2, 0) is 0 Å². The van der Waals surface area contributed by atoms with E-state index in [1.165, 1.54) is 5.38 Å². The number of nitrogens with zero attached hydrogens (tertiary/aromatic N) is 3. The van der Waals surface area contributed by atoms with Gasteiger partial charge < -0.3 is 5.11 Å². The lowest BCUT2D eigenvalue weighted by Crippen LogP contribution is -2.00. The van der Waals surface area contributed by atoms with Crippen molar-refractivity contribution in [3.8, 4) is 11.9 Å². The van der Waals surface area contributed by atoms with Crippen LogP contribution >= 0.6 is 11.3 Å². The standard InChI is InChI=1S/C11H8N4OS/c12-6-9(11-13-10(16)7-17-11)15-14-8-4-2-1-3-5-8/h1-5,7,14,16H/b15-9+. The summed E-state index contributed by atoms with van der Waals surface area (Å²) >= 11 is 1.16. The van der Waals surface area contributed by atoms with Gasteiger partial charge in [0.2, 0.25) is 5.88 Å². The minimum absolute atomic E-state index is 0.104. The second-order valence-electron chi connectivity index (χ2n) is 3.06. The second-order valence-corrected chi connectivity index (χ2v) is 3.92. The Bertz CT molecular complexity index is 571. The molecule has 0 atom stereocenters. The number of nitrogens with one attached hydrogen (secondary N) is 1. The third-order valence-electron chi connectivity index (χ3n) is 1.87. The Morgan fingerprint density at radius 2 is 2.18 bits per heavy atom. The quantitative estimate of drug-likeness (QED) is 0.640. The molecule has 0 aliphatic heterocycles. The van der Waals surface area contributed by atoms with Gasteiger partial charge in [-0.25, -0.2) is 0 Å². The molecule has 2 aromatic rings. The molecule has 84 valence electrons. The van der Waals surface area contributed by atoms with Crippen molar-refractivity contribution in [3.63, 3.8) is 0 Å². The van der Waals surface area contributed by atoms with Crippen molar-refractivity contribution in [2.45, 2.75) is 0 Å². The van der Waals surface area contributed by atoms with Crippen LogP contribution in [0.3, 0.4) is 0 Å². The molecule has 17 heavy (non-hydrogen) atoms. The minimum Gasteiger partial charge on any atom is -0.493 e. The lowest BCUT2D eigenvalue weighted by molar-refractivity contribution is 0.457. The van der Waals surface area contributed by atoms with Crippen molar-refractivity contribution in [2.75, 3.05) is 5.43 Å². The number of para-hydroxylation sites is 1.